The summed E-state index contributed by atoms with van der Waals surface area (Å²) in [6, 6.07) is 21.2. The molecular weight excluding hydrogens is 398 g/mol. The number of ether oxygens (including phenoxy) is 1. The van der Waals surface area contributed by atoms with E-state index in [1.54, 1.807) is 24.3 Å². The number of benzene rings is 2. The van der Waals surface area contributed by atoms with E-state index in [4.69, 9.17) is 21.3 Å². The topological polar surface area (TPSA) is 55.6 Å². The number of hydrogen-bond acceptors (Lipinski definition) is 3. The molecule has 2 heterocycles. The number of carbonyl (C=O) groups excluding carboxylic acids is 1. The number of pyridine rings is 1. The lowest BCUT2D eigenvalue weighted by atomic mass is 10.1. The van der Waals surface area contributed by atoms with Crippen LogP contribution < -0.4 is 10.1 Å². The molecule has 4 aromatic rings. The lowest BCUT2D eigenvalue weighted by Crippen LogP contribution is -2.21. The largest absolute Gasteiger partial charge is 0.484 e. The first-order valence-electron chi connectivity index (χ1n) is 9.78. The molecule has 0 spiro atoms. The quantitative estimate of drug-likeness (QED) is 0.453. The van der Waals surface area contributed by atoms with E-state index in [1.807, 2.05) is 47.9 Å². The number of halogens is 1. The highest BCUT2D eigenvalue weighted by molar-refractivity contribution is 6.30. The Bertz CT molecular complexity index is 1150. The number of anilines is 1. The van der Waals surface area contributed by atoms with Crippen LogP contribution in [0.4, 0.5) is 5.82 Å². The van der Waals surface area contributed by atoms with Crippen molar-refractivity contribution < 1.29 is 9.53 Å². The molecule has 0 aliphatic rings. The van der Waals surface area contributed by atoms with Crippen LogP contribution in [0.15, 0.2) is 72.9 Å². The van der Waals surface area contributed by atoms with Crippen LogP contribution in [0.5, 0.6) is 5.75 Å². The molecule has 4 rings (SSSR count). The molecule has 1 amide bonds. The van der Waals surface area contributed by atoms with E-state index in [-0.39, 0.29) is 12.5 Å². The summed E-state index contributed by atoms with van der Waals surface area (Å²) in [5, 5.41) is 3.60. The van der Waals surface area contributed by atoms with Crippen molar-refractivity contribution in [2.75, 3.05) is 11.9 Å². The van der Waals surface area contributed by atoms with Crippen molar-refractivity contribution in [2.45, 2.75) is 19.8 Å². The average Bonchev–Trinajstić information content (AvgIpc) is 3.09. The first-order valence-corrected chi connectivity index (χ1v) is 10.2. The number of imidazole rings is 1. The van der Waals surface area contributed by atoms with Crippen LogP contribution in [-0.4, -0.2) is 21.9 Å². The zero-order chi connectivity index (χ0) is 20.9. The fourth-order valence-electron chi connectivity index (χ4n) is 3.26. The van der Waals surface area contributed by atoms with Crippen LogP contribution in [0.1, 0.15) is 16.8 Å². The van der Waals surface area contributed by atoms with Crippen LogP contribution in [0, 0.1) is 6.92 Å². The normalized spacial score (nSPS) is 10.9. The third-order valence-corrected chi connectivity index (χ3v) is 5.04. The highest BCUT2D eigenvalue weighted by Crippen LogP contribution is 2.22. The molecule has 0 fully saturated rings. The van der Waals surface area contributed by atoms with E-state index in [1.165, 1.54) is 5.56 Å². The van der Waals surface area contributed by atoms with Crippen molar-refractivity contribution in [1.29, 1.82) is 0 Å². The van der Waals surface area contributed by atoms with Crippen LogP contribution in [0.3, 0.4) is 0 Å². The SMILES string of the molecule is Cc1ccn2c(NC(=O)COc3ccc(Cl)cc3)c(CCc3ccccc3)nc2c1. The van der Waals surface area contributed by atoms with Gasteiger partial charge in [0.25, 0.3) is 5.91 Å². The fraction of sp³-hybridized carbons (Fsp3) is 0.167. The summed E-state index contributed by atoms with van der Waals surface area (Å²) in [5.74, 6) is 1.03. The van der Waals surface area contributed by atoms with Crippen LogP contribution in [-0.2, 0) is 17.6 Å². The van der Waals surface area contributed by atoms with Crippen molar-refractivity contribution >= 4 is 29.0 Å². The Morgan fingerprint density at radius 2 is 1.83 bits per heavy atom. The molecule has 0 unspecified atom stereocenters. The Labute approximate surface area is 180 Å². The maximum atomic E-state index is 12.6. The number of nitrogens with zero attached hydrogens (tertiary/aromatic N) is 2. The summed E-state index contributed by atoms with van der Waals surface area (Å²) in [5.41, 5.74) is 4.01. The monoisotopic (exact) mass is 419 g/mol. The zero-order valence-corrected chi connectivity index (χ0v) is 17.4. The summed E-state index contributed by atoms with van der Waals surface area (Å²) in [7, 11) is 0. The molecule has 30 heavy (non-hydrogen) atoms. The number of fused-ring (bicyclic) bond motifs is 1. The van der Waals surface area contributed by atoms with E-state index < -0.39 is 0 Å². The molecule has 1 N–H and O–H groups in total. The van der Waals surface area contributed by atoms with Crippen molar-refractivity contribution in [3.63, 3.8) is 0 Å². The van der Waals surface area contributed by atoms with Gasteiger partial charge in [0, 0.05) is 11.2 Å². The third-order valence-electron chi connectivity index (χ3n) is 4.79. The first kappa shape index (κ1) is 20.0. The molecular formula is C24H22ClN3O2. The van der Waals surface area contributed by atoms with Crippen LogP contribution >= 0.6 is 11.6 Å². The van der Waals surface area contributed by atoms with Gasteiger partial charge in [-0.3, -0.25) is 9.20 Å². The second kappa shape index (κ2) is 9.01. The summed E-state index contributed by atoms with van der Waals surface area (Å²) >= 11 is 5.88. The van der Waals surface area contributed by atoms with E-state index in [2.05, 4.69) is 17.4 Å². The molecule has 5 nitrogen and oxygen atoms in total. The van der Waals surface area contributed by atoms with Gasteiger partial charge in [0.2, 0.25) is 0 Å². The summed E-state index contributed by atoms with van der Waals surface area (Å²) < 4.78 is 7.48. The van der Waals surface area contributed by atoms with Gasteiger partial charge in [0.1, 0.15) is 17.2 Å². The number of rotatable bonds is 7. The van der Waals surface area contributed by atoms with Gasteiger partial charge in [0.15, 0.2) is 6.61 Å². The minimum absolute atomic E-state index is 0.0984. The third kappa shape index (κ3) is 4.81. The fourth-order valence-corrected chi connectivity index (χ4v) is 3.38. The maximum Gasteiger partial charge on any atom is 0.263 e. The number of amides is 1. The van der Waals surface area contributed by atoms with E-state index in [0.717, 1.165) is 29.7 Å². The molecule has 0 aliphatic heterocycles. The smallest absolute Gasteiger partial charge is 0.263 e. The predicted molar refractivity (Wildman–Crippen MR) is 119 cm³/mol. The van der Waals surface area contributed by atoms with Gasteiger partial charge in [-0.1, -0.05) is 41.9 Å². The van der Waals surface area contributed by atoms with Gasteiger partial charge < -0.3 is 10.1 Å². The standard InChI is InChI=1S/C24H22ClN3O2/c1-17-13-14-28-22(15-17)26-21(12-7-18-5-3-2-4-6-18)24(28)27-23(29)16-30-20-10-8-19(25)9-11-20/h2-6,8-11,13-15H,7,12,16H2,1H3,(H,27,29). The summed E-state index contributed by atoms with van der Waals surface area (Å²) in [6.07, 6.45) is 3.49. The Morgan fingerprint density at radius 3 is 2.60 bits per heavy atom. The van der Waals surface area contributed by atoms with Crippen molar-refractivity contribution in [1.82, 2.24) is 9.38 Å². The molecule has 6 heteroatoms. The van der Waals surface area contributed by atoms with Crippen molar-refractivity contribution in [2.24, 2.45) is 0 Å². The summed E-state index contributed by atoms with van der Waals surface area (Å²) in [4.78, 5) is 17.3. The zero-order valence-electron chi connectivity index (χ0n) is 16.6. The maximum absolute atomic E-state index is 12.6. The van der Waals surface area contributed by atoms with Crippen LogP contribution in [0.25, 0.3) is 5.65 Å². The molecule has 2 aromatic heterocycles. The van der Waals surface area contributed by atoms with Crippen molar-refractivity contribution in [3.05, 3.63) is 94.8 Å². The first-order chi connectivity index (χ1) is 14.6. The van der Waals surface area contributed by atoms with Crippen molar-refractivity contribution in [3.8, 4) is 5.75 Å². The van der Waals surface area contributed by atoms with Gasteiger partial charge in [-0.15, -0.1) is 0 Å². The highest BCUT2D eigenvalue weighted by atomic mass is 35.5. The minimum atomic E-state index is -0.242. The molecule has 152 valence electrons. The molecule has 0 aliphatic carbocycles. The molecule has 0 saturated carbocycles. The highest BCUT2D eigenvalue weighted by Gasteiger charge is 2.15. The van der Waals surface area contributed by atoms with E-state index in [9.17, 15) is 4.79 Å². The lowest BCUT2D eigenvalue weighted by molar-refractivity contribution is -0.118. The molecule has 0 bridgehead atoms. The number of aromatic nitrogens is 2. The Balaban J connectivity index is 1.51. The Hall–Kier alpha value is -3.31. The Morgan fingerprint density at radius 1 is 1.07 bits per heavy atom. The number of hydrogen-bond donors (Lipinski definition) is 1. The van der Waals surface area contributed by atoms with E-state index in [0.29, 0.717) is 16.6 Å². The summed E-state index contributed by atoms with van der Waals surface area (Å²) in [6.45, 7) is 1.93. The minimum Gasteiger partial charge on any atom is -0.484 e. The molecule has 2 aromatic carbocycles. The number of aryl methyl sites for hydroxylation is 3. The number of carbonyl (C=O) groups is 1. The lowest BCUT2D eigenvalue weighted by Gasteiger charge is -2.09. The average molecular weight is 420 g/mol. The van der Waals surface area contributed by atoms with E-state index >= 15 is 0 Å². The Kier molecular flexibility index (Phi) is 6.00. The second-order valence-electron chi connectivity index (χ2n) is 7.12. The predicted octanol–water partition coefficient (Wildman–Crippen LogP) is 5.10. The van der Waals surface area contributed by atoms with Gasteiger partial charge in [-0.2, -0.15) is 0 Å². The van der Waals surface area contributed by atoms with Gasteiger partial charge in [-0.05, 0) is 67.3 Å². The van der Waals surface area contributed by atoms with Gasteiger partial charge in [0.05, 0.1) is 5.69 Å². The molecule has 0 atom stereocenters. The molecule has 0 radical (unpaired) electrons. The number of nitrogens with one attached hydrogen (secondary N) is 1. The van der Waals surface area contributed by atoms with Crippen LogP contribution in [0.2, 0.25) is 5.02 Å². The molecule has 0 saturated heterocycles. The second-order valence-corrected chi connectivity index (χ2v) is 7.55. The van der Waals surface area contributed by atoms with Gasteiger partial charge in [-0.25, -0.2) is 4.98 Å². The van der Waals surface area contributed by atoms with Gasteiger partial charge >= 0.3 is 0 Å².